The van der Waals surface area contributed by atoms with Crippen molar-refractivity contribution in [3.8, 4) is 28.6 Å². The van der Waals surface area contributed by atoms with Gasteiger partial charge in [0.05, 0.1) is 11.8 Å². The summed E-state index contributed by atoms with van der Waals surface area (Å²) in [5, 5.41) is 11.1. The van der Waals surface area contributed by atoms with Crippen molar-refractivity contribution in [2.45, 2.75) is 38.8 Å². The third-order valence-corrected chi connectivity index (χ3v) is 5.89. The average Bonchev–Trinajstić information content (AvgIpc) is 3.43. The Kier molecular flexibility index (Phi) is 4.51. The Labute approximate surface area is 170 Å². The highest BCUT2D eigenvalue weighted by molar-refractivity contribution is 5.70. The van der Waals surface area contributed by atoms with Crippen LogP contribution in [0.2, 0.25) is 0 Å². The van der Waals surface area contributed by atoms with Crippen molar-refractivity contribution in [2.75, 3.05) is 18.9 Å². The van der Waals surface area contributed by atoms with Crippen LogP contribution in [0.15, 0.2) is 40.9 Å². The standard InChI is InChI=1S/C23H26N4O2/c1-13(2)28-20-8-7-15(12-19(20)24-3)23-26-22(27-29-23)17-6-4-5-16-18(17)11-14-9-10-25-21(14)16/h4-8,12-14,21,24-25H,9-11H2,1-3H3/t14-,21?/m0/s1. The SMILES string of the molecule is CNc1cc(-c2nc(-c3cccc4c3C[C@@H]3CCNC43)no2)ccc1OC(C)C. The maximum absolute atomic E-state index is 5.85. The van der Waals surface area contributed by atoms with Crippen LogP contribution in [0, 0.1) is 5.92 Å². The zero-order valence-electron chi connectivity index (χ0n) is 17.0. The molecule has 5 rings (SSSR count). The number of ether oxygens (including phenoxy) is 1. The number of hydrogen-bond acceptors (Lipinski definition) is 6. The summed E-state index contributed by atoms with van der Waals surface area (Å²) in [5.41, 5.74) is 5.61. The van der Waals surface area contributed by atoms with E-state index >= 15 is 0 Å². The molecule has 0 amide bonds. The first-order chi connectivity index (χ1) is 14.1. The number of hydrogen-bond donors (Lipinski definition) is 2. The fourth-order valence-electron chi connectivity index (χ4n) is 4.60. The minimum Gasteiger partial charge on any atom is -0.489 e. The first kappa shape index (κ1) is 18.2. The van der Waals surface area contributed by atoms with Crippen molar-refractivity contribution in [1.82, 2.24) is 15.5 Å². The Morgan fingerprint density at radius 2 is 2.14 bits per heavy atom. The highest BCUT2D eigenvalue weighted by atomic mass is 16.5. The molecule has 1 aromatic heterocycles. The highest BCUT2D eigenvalue weighted by Crippen LogP contribution is 2.44. The second kappa shape index (κ2) is 7.19. The predicted molar refractivity (Wildman–Crippen MR) is 113 cm³/mol. The second-order valence-electron chi connectivity index (χ2n) is 8.11. The van der Waals surface area contributed by atoms with Gasteiger partial charge in [0.25, 0.3) is 5.89 Å². The molecule has 0 saturated carbocycles. The van der Waals surface area contributed by atoms with E-state index < -0.39 is 0 Å². The molecule has 150 valence electrons. The van der Waals surface area contributed by atoms with Crippen molar-refractivity contribution in [1.29, 1.82) is 0 Å². The van der Waals surface area contributed by atoms with Gasteiger partial charge in [0.2, 0.25) is 5.82 Å². The summed E-state index contributed by atoms with van der Waals surface area (Å²) >= 11 is 0. The first-order valence-corrected chi connectivity index (χ1v) is 10.3. The summed E-state index contributed by atoms with van der Waals surface area (Å²) in [7, 11) is 1.88. The smallest absolute Gasteiger partial charge is 0.258 e. The van der Waals surface area contributed by atoms with Gasteiger partial charge in [0, 0.05) is 24.2 Å². The molecule has 1 fully saturated rings. The van der Waals surface area contributed by atoms with Crippen molar-refractivity contribution < 1.29 is 9.26 Å². The molecule has 2 aliphatic rings. The number of fused-ring (bicyclic) bond motifs is 3. The maximum Gasteiger partial charge on any atom is 0.258 e. The average molecular weight is 390 g/mol. The molecule has 2 N–H and O–H groups in total. The van der Waals surface area contributed by atoms with E-state index in [1.54, 1.807) is 0 Å². The number of rotatable bonds is 5. The van der Waals surface area contributed by atoms with E-state index in [0.717, 1.165) is 35.5 Å². The molecule has 1 unspecified atom stereocenters. The minimum absolute atomic E-state index is 0.108. The number of anilines is 1. The molecule has 1 aliphatic heterocycles. The zero-order valence-corrected chi connectivity index (χ0v) is 17.0. The van der Waals surface area contributed by atoms with Crippen LogP contribution in [0.25, 0.3) is 22.8 Å². The molecule has 1 aliphatic carbocycles. The van der Waals surface area contributed by atoms with E-state index in [1.165, 1.54) is 17.5 Å². The Morgan fingerprint density at radius 3 is 2.97 bits per heavy atom. The second-order valence-corrected chi connectivity index (χ2v) is 8.11. The number of nitrogens with zero attached hydrogens (tertiary/aromatic N) is 2. The summed E-state index contributed by atoms with van der Waals surface area (Å²) < 4.78 is 11.5. The van der Waals surface area contributed by atoms with Crippen LogP contribution >= 0.6 is 0 Å². The first-order valence-electron chi connectivity index (χ1n) is 10.3. The van der Waals surface area contributed by atoms with Crippen molar-refractivity contribution >= 4 is 5.69 Å². The van der Waals surface area contributed by atoms with Gasteiger partial charge in [-0.1, -0.05) is 23.4 Å². The van der Waals surface area contributed by atoms with Crippen LogP contribution in [0.4, 0.5) is 5.69 Å². The van der Waals surface area contributed by atoms with E-state index in [9.17, 15) is 0 Å². The van der Waals surface area contributed by atoms with E-state index in [4.69, 9.17) is 14.2 Å². The fourth-order valence-corrected chi connectivity index (χ4v) is 4.60. The third kappa shape index (κ3) is 3.17. The molecule has 29 heavy (non-hydrogen) atoms. The lowest BCUT2D eigenvalue weighted by molar-refractivity contribution is 0.243. The molecular weight excluding hydrogens is 364 g/mol. The van der Waals surface area contributed by atoms with Crippen molar-refractivity contribution in [2.24, 2.45) is 5.92 Å². The molecule has 3 aromatic rings. The minimum atomic E-state index is 0.108. The van der Waals surface area contributed by atoms with Gasteiger partial charge in [0.1, 0.15) is 5.75 Å². The van der Waals surface area contributed by atoms with Gasteiger partial charge < -0.3 is 19.9 Å². The third-order valence-electron chi connectivity index (χ3n) is 5.89. The Bertz CT molecular complexity index is 1040. The van der Waals surface area contributed by atoms with E-state index in [0.29, 0.717) is 23.7 Å². The topological polar surface area (TPSA) is 72.2 Å². The van der Waals surface area contributed by atoms with E-state index in [2.05, 4.69) is 34.0 Å². The van der Waals surface area contributed by atoms with Crippen LogP contribution in [0.3, 0.4) is 0 Å². The van der Waals surface area contributed by atoms with Gasteiger partial charge >= 0.3 is 0 Å². The number of nitrogens with one attached hydrogen (secondary N) is 2. The van der Waals surface area contributed by atoms with E-state index in [1.807, 2.05) is 39.1 Å². The van der Waals surface area contributed by atoms with Gasteiger partial charge in [-0.25, -0.2) is 0 Å². The Hall–Kier alpha value is -2.86. The molecule has 2 heterocycles. The summed E-state index contributed by atoms with van der Waals surface area (Å²) in [6, 6.07) is 12.8. The lowest BCUT2D eigenvalue weighted by Gasteiger charge is -2.14. The fraction of sp³-hybridized carbons (Fsp3) is 0.391. The lowest BCUT2D eigenvalue weighted by Crippen LogP contribution is -2.13. The Balaban J connectivity index is 1.48. The summed E-state index contributed by atoms with van der Waals surface area (Å²) in [6.07, 6.45) is 2.42. The van der Waals surface area contributed by atoms with Gasteiger partial charge in [-0.05, 0) is 68.5 Å². The highest BCUT2D eigenvalue weighted by Gasteiger charge is 2.37. The summed E-state index contributed by atoms with van der Waals surface area (Å²) in [5.74, 6) is 2.67. The summed E-state index contributed by atoms with van der Waals surface area (Å²) in [6.45, 7) is 5.13. The number of benzene rings is 2. The largest absolute Gasteiger partial charge is 0.489 e. The summed E-state index contributed by atoms with van der Waals surface area (Å²) in [4.78, 5) is 4.72. The molecule has 0 spiro atoms. The molecule has 0 radical (unpaired) electrons. The molecule has 0 bridgehead atoms. The predicted octanol–water partition coefficient (Wildman–Crippen LogP) is 4.44. The zero-order chi connectivity index (χ0) is 20.0. The van der Waals surface area contributed by atoms with E-state index in [-0.39, 0.29) is 6.10 Å². The normalized spacial score (nSPS) is 20.0. The van der Waals surface area contributed by atoms with Gasteiger partial charge in [-0.15, -0.1) is 0 Å². The lowest BCUT2D eigenvalue weighted by atomic mass is 10.0. The monoisotopic (exact) mass is 390 g/mol. The molecule has 2 atom stereocenters. The molecule has 6 heteroatoms. The molecule has 1 saturated heterocycles. The van der Waals surface area contributed by atoms with Crippen molar-refractivity contribution in [3.05, 3.63) is 47.5 Å². The van der Waals surface area contributed by atoms with Crippen LogP contribution in [-0.4, -0.2) is 29.8 Å². The molecular formula is C23H26N4O2. The van der Waals surface area contributed by atoms with Gasteiger partial charge in [-0.3, -0.25) is 0 Å². The van der Waals surface area contributed by atoms with Gasteiger partial charge in [-0.2, -0.15) is 4.98 Å². The quantitative estimate of drug-likeness (QED) is 0.671. The van der Waals surface area contributed by atoms with Crippen LogP contribution < -0.4 is 15.4 Å². The molecule has 2 aromatic carbocycles. The van der Waals surface area contributed by atoms with Crippen LogP contribution in [0.1, 0.15) is 37.4 Å². The van der Waals surface area contributed by atoms with Crippen LogP contribution in [0.5, 0.6) is 5.75 Å². The molecule has 6 nitrogen and oxygen atoms in total. The maximum atomic E-state index is 5.85. The van der Waals surface area contributed by atoms with Crippen molar-refractivity contribution in [3.63, 3.8) is 0 Å². The number of aromatic nitrogens is 2. The van der Waals surface area contributed by atoms with Crippen LogP contribution in [-0.2, 0) is 6.42 Å². The van der Waals surface area contributed by atoms with Gasteiger partial charge in [0.15, 0.2) is 0 Å². The Morgan fingerprint density at radius 1 is 1.24 bits per heavy atom.